The standard InChI is InChI=1S/C18H18/c1-15-12-13-18(16(2)14-15)11-7-6-10-17-8-4-3-5-9-17/h3-14H,1-2H3. The number of aryl methyl sites for hydroxylation is 2. The van der Waals surface area contributed by atoms with E-state index in [0.717, 1.165) is 0 Å². The van der Waals surface area contributed by atoms with Crippen molar-refractivity contribution in [3.8, 4) is 0 Å². The molecule has 0 unspecified atom stereocenters. The summed E-state index contributed by atoms with van der Waals surface area (Å²) >= 11 is 0. The number of hydrogen-bond acceptors (Lipinski definition) is 0. The molecule has 2 aromatic carbocycles. The van der Waals surface area contributed by atoms with Crippen LogP contribution in [0.15, 0.2) is 60.7 Å². The SMILES string of the molecule is Cc1ccc(C=CC=Cc2ccccc2)c(C)c1. The summed E-state index contributed by atoms with van der Waals surface area (Å²) < 4.78 is 0. The normalized spacial score (nSPS) is 11.4. The third-order valence-electron chi connectivity index (χ3n) is 2.90. The van der Waals surface area contributed by atoms with Crippen LogP contribution in [0.2, 0.25) is 0 Å². The Morgan fingerprint density at radius 1 is 0.778 bits per heavy atom. The lowest BCUT2D eigenvalue weighted by molar-refractivity contribution is 1.37. The average molecular weight is 234 g/mol. The molecule has 0 bridgehead atoms. The van der Waals surface area contributed by atoms with Gasteiger partial charge in [0.05, 0.1) is 0 Å². The first-order valence-electron chi connectivity index (χ1n) is 6.23. The molecule has 90 valence electrons. The van der Waals surface area contributed by atoms with Gasteiger partial charge in [-0.25, -0.2) is 0 Å². The number of hydrogen-bond donors (Lipinski definition) is 0. The van der Waals surface area contributed by atoms with Crippen molar-refractivity contribution in [1.29, 1.82) is 0 Å². The van der Waals surface area contributed by atoms with Crippen molar-refractivity contribution in [3.05, 3.63) is 82.9 Å². The lowest BCUT2D eigenvalue weighted by Crippen LogP contribution is -1.81. The summed E-state index contributed by atoms with van der Waals surface area (Å²) in [7, 11) is 0. The Morgan fingerprint density at radius 2 is 1.50 bits per heavy atom. The van der Waals surface area contributed by atoms with E-state index in [2.05, 4.69) is 68.5 Å². The molecule has 0 nitrogen and oxygen atoms in total. The monoisotopic (exact) mass is 234 g/mol. The Labute approximate surface area is 109 Å². The maximum absolute atomic E-state index is 2.21. The zero-order chi connectivity index (χ0) is 12.8. The van der Waals surface area contributed by atoms with Crippen LogP contribution in [0.1, 0.15) is 22.3 Å². The van der Waals surface area contributed by atoms with Gasteiger partial charge >= 0.3 is 0 Å². The molecule has 0 amide bonds. The van der Waals surface area contributed by atoms with Crippen LogP contribution in [0.4, 0.5) is 0 Å². The molecule has 0 atom stereocenters. The number of allylic oxidation sites excluding steroid dienone is 2. The molecule has 0 spiro atoms. The van der Waals surface area contributed by atoms with Gasteiger partial charge < -0.3 is 0 Å². The van der Waals surface area contributed by atoms with Crippen LogP contribution in [0.25, 0.3) is 12.2 Å². The van der Waals surface area contributed by atoms with E-state index in [9.17, 15) is 0 Å². The van der Waals surface area contributed by atoms with E-state index in [1.165, 1.54) is 22.3 Å². The topological polar surface area (TPSA) is 0 Å². The molecule has 0 aliphatic rings. The predicted molar refractivity (Wildman–Crippen MR) is 80.4 cm³/mol. The highest BCUT2D eigenvalue weighted by Crippen LogP contribution is 2.12. The van der Waals surface area contributed by atoms with Gasteiger partial charge in [0.15, 0.2) is 0 Å². The minimum absolute atomic E-state index is 1.22. The van der Waals surface area contributed by atoms with Gasteiger partial charge in [-0.1, -0.05) is 78.4 Å². The fourth-order valence-electron chi connectivity index (χ4n) is 1.90. The van der Waals surface area contributed by atoms with E-state index in [4.69, 9.17) is 0 Å². The second-order valence-corrected chi connectivity index (χ2v) is 4.49. The van der Waals surface area contributed by atoms with Gasteiger partial charge in [-0.3, -0.25) is 0 Å². The van der Waals surface area contributed by atoms with Crippen LogP contribution in [0.3, 0.4) is 0 Å². The molecule has 2 aromatic rings. The Balaban J connectivity index is 2.06. The first-order chi connectivity index (χ1) is 8.75. The van der Waals surface area contributed by atoms with Crippen LogP contribution < -0.4 is 0 Å². The molecule has 0 heterocycles. The molecule has 0 aromatic heterocycles. The van der Waals surface area contributed by atoms with E-state index < -0.39 is 0 Å². The minimum atomic E-state index is 1.22. The Kier molecular flexibility index (Phi) is 4.14. The number of benzene rings is 2. The third-order valence-corrected chi connectivity index (χ3v) is 2.90. The van der Waals surface area contributed by atoms with Crippen LogP contribution in [0.5, 0.6) is 0 Å². The molecule has 0 radical (unpaired) electrons. The van der Waals surface area contributed by atoms with Gasteiger partial charge in [-0.05, 0) is 30.5 Å². The summed E-state index contributed by atoms with van der Waals surface area (Å²) in [5, 5.41) is 0. The average Bonchev–Trinajstić information content (AvgIpc) is 2.38. The molecule has 0 saturated heterocycles. The van der Waals surface area contributed by atoms with Crippen molar-refractivity contribution in [2.45, 2.75) is 13.8 Å². The molecule has 2 rings (SSSR count). The predicted octanol–water partition coefficient (Wildman–Crippen LogP) is 5.03. The Hall–Kier alpha value is -2.08. The van der Waals surface area contributed by atoms with Crippen molar-refractivity contribution >= 4 is 12.2 Å². The maximum atomic E-state index is 2.21. The first-order valence-corrected chi connectivity index (χ1v) is 6.23. The van der Waals surface area contributed by atoms with Crippen molar-refractivity contribution in [2.24, 2.45) is 0 Å². The van der Waals surface area contributed by atoms with E-state index in [-0.39, 0.29) is 0 Å². The molecular formula is C18H18. The zero-order valence-corrected chi connectivity index (χ0v) is 10.9. The summed E-state index contributed by atoms with van der Waals surface area (Å²) in [4.78, 5) is 0. The smallest absolute Gasteiger partial charge is 0.0227 e. The summed E-state index contributed by atoms with van der Waals surface area (Å²) in [5.41, 5.74) is 5.13. The molecule has 0 fully saturated rings. The van der Waals surface area contributed by atoms with E-state index >= 15 is 0 Å². The lowest BCUT2D eigenvalue weighted by atomic mass is 10.1. The lowest BCUT2D eigenvalue weighted by Gasteiger charge is -2.00. The summed E-state index contributed by atoms with van der Waals surface area (Å²) in [6.45, 7) is 4.27. The van der Waals surface area contributed by atoms with Gasteiger partial charge in [-0.15, -0.1) is 0 Å². The molecule has 0 aliphatic carbocycles. The fourth-order valence-corrected chi connectivity index (χ4v) is 1.90. The largest absolute Gasteiger partial charge is 0.0622 e. The quantitative estimate of drug-likeness (QED) is 0.653. The highest BCUT2D eigenvalue weighted by molar-refractivity contribution is 5.59. The van der Waals surface area contributed by atoms with Crippen LogP contribution in [-0.2, 0) is 0 Å². The van der Waals surface area contributed by atoms with Gasteiger partial charge in [0.1, 0.15) is 0 Å². The van der Waals surface area contributed by atoms with Crippen LogP contribution >= 0.6 is 0 Å². The Bertz CT molecular complexity index is 560. The molecule has 18 heavy (non-hydrogen) atoms. The van der Waals surface area contributed by atoms with Gasteiger partial charge in [0, 0.05) is 0 Å². The highest BCUT2D eigenvalue weighted by Gasteiger charge is 1.92. The second kappa shape index (κ2) is 6.02. The molecular weight excluding hydrogens is 216 g/mol. The number of rotatable bonds is 3. The first kappa shape index (κ1) is 12.4. The van der Waals surface area contributed by atoms with Crippen molar-refractivity contribution in [3.63, 3.8) is 0 Å². The maximum Gasteiger partial charge on any atom is -0.0227 e. The van der Waals surface area contributed by atoms with Crippen molar-refractivity contribution in [2.75, 3.05) is 0 Å². The van der Waals surface area contributed by atoms with Crippen LogP contribution in [-0.4, -0.2) is 0 Å². The summed E-state index contributed by atoms with van der Waals surface area (Å²) in [5.74, 6) is 0. The minimum Gasteiger partial charge on any atom is -0.0622 e. The molecule has 0 aliphatic heterocycles. The van der Waals surface area contributed by atoms with E-state index in [1.54, 1.807) is 0 Å². The van der Waals surface area contributed by atoms with Crippen molar-refractivity contribution < 1.29 is 0 Å². The summed E-state index contributed by atoms with van der Waals surface area (Å²) in [6.07, 6.45) is 8.42. The van der Waals surface area contributed by atoms with Gasteiger partial charge in [0.25, 0.3) is 0 Å². The Morgan fingerprint density at radius 3 is 2.22 bits per heavy atom. The van der Waals surface area contributed by atoms with Gasteiger partial charge in [-0.2, -0.15) is 0 Å². The van der Waals surface area contributed by atoms with E-state index in [1.807, 2.05) is 18.2 Å². The third kappa shape index (κ3) is 3.46. The molecule has 0 saturated carbocycles. The van der Waals surface area contributed by atoms with Gasteiger partial charge in [0.2, 0.25) is 0 Å². The highest BCUT2D eigenvalue weighted by atomic mass is 14.0. The molecule has 0 heteroatoms. The second-order valence-electron chi connectivity index (χ2n) is 4.49. The zero-order valence-electron chi connectivity index (χ0n) is 10.9. The van der Waals surface area contributed by atoms with Crippen LogP contribution in [0, 0.1) is 13.8 Å². The summed E-state index contributed by atoms with van der Waals surface area (Å²) in [6, 6.07) is 16.8. The molecule has 0 N–H and O–H groups in total. The fraction of sp³-hybridized carbons (Fsp3) is 0.111. The van der Waals surface area contributed by atoms with Crippen molar-refractivity contribution in [1.82, 2.24) is 0 Å². The van der Waals surface area contributed by atoms with E-state index in [0.29, 0.717) is 0 Å².